The molecule has 1 aliphatic rings. The van der Waals surface area contributed by atoms with Gasteiger partial charge in [-0.2, -0.15) is 4.31 Å². The largest absolute Gasteiger partial charge is 0.302 e. The van der Waals surface area contributed by atoms with Gasteiger partial charge in [-0.15, -0.1) is 11.3 Å². The zero-order valence-electron chi connectivity index (χ0n) is 15.3. The summed E-state index contributed by atoms with van der Waals surface area (Å²) in [5.41, 5.74) is 0.529. The molecule has 2 aromatic heterocycles. The van der Waals surface area contributed by atoms with Gasteiger partial charge < -0.3 is 5.32 Å². The highest BCUT2D eigenvalue weighted by atomic mass is 35.5. The third-order valence-corrected chi connectivity index (χ3v) is 9.31. The molecule has 158 valence electrons. The number of thiophene rings is 1. The van der Waals surface area contributed by atoms with Gasteiger partial charge in [0.2, 0.25) is 5.91 Å². The molecule has 1 saturated heterocycles. The second kappa shape index (κ2) is 8.19. The molecule has 0 unspecified atom stereocenters. The Labute approximate surface area is 184 Å². The van der Waals surface area contributed by atoms with Crippen molar-refractivity contribution in [2.24, 2.45) is 5.92 Å². The second-order valence-corrected chi connectivity index (χ2v) is 11.6. The predicted molar refractivity (Wildman–Crippen MR) is 116 cm³/mol. The lowest BCUT2D eigenvalue weighted by Crippen LogP contribution is -2.41. The number of hydrogen-bond donors (Lipinski definition) is 1. The van der Waals surface area contributed by atoms with Crippen LogP contribution in [0.5, 0.6) is 0 Å². The molecule has 9 nitrogen and oxygen atoms in total. The Morgan fingerprint density at radius 2 is 1.97 bits per heavy atom. The molecule has 1 aromatic carbocycles. The van der Waals surface area contributed by atoms with E-state index in [0.29, 0.717) is 32.5 Å². The number of nitro groups is 1. The molecule has 13 heteroatoms. The summed E-state index contributed by atoms with van der Waals surface area (Å²) in [6, 6.07) is 7.36. The SMILES string of the molecule is O=C(Nc1nc2ccc([N+](=O)[O-])cc2s1)C1CCN(S(=O)(=O)c2ccc(Cl)s2)CC1. The summed E-state index contributed by atoms with van der Waals surface area (Å²) in [5, 5.41) is 14.0. The molecular formula is C17H15ClN4O5S3. The number of carbonyl (C=O) groups is 1. The fourth-order valence-corrected chi connectivity index (χ4v) is 7.22. The zero-order valence-corrected chi connectivity index (χ0v) is 18.5. The number of rotatable bonds is 5. The number of benzene rings is 1. The van der Waals surface area contributed by atoms with Crippen molar-refractivity contribution in [3.05, 3.63) is 44.8 Å². The predicted octanol–water partition coefficient (Wildman–Crippen LogP) is 3.96. The number of piperidine rings is 1. The highest BCUT2D eigenvalue weighted by molar-refractivity contribution is 7.91. The van der Waals surface area contributed by atoms with Gasteiger partial charge in [-0.3, -0.25) is 14.9 Å². The molecule has 30 heavy (non-hydrogen) atoms. The first kappa shape index (κ1) is 21.1. The molecule has 0 saturated carbocycles. The summed E-state index contributed by atoms with van der Waals surface area (Å²) in [5.74, 6) is -0.579. The van der Waals surface area contributed by atoms with Crippen molar-refractivity contribution in [3.63, 3.8) is 0 Å². The van der Waals surface area contributed by atoms with E-state index in [-0.39, 0.29) is 34.8 Å². The number of halogens is 1. The molecule has 0 radical (unpaired) electrons. The summed E-state index contributed by atoms with van der Waals surface area (Å²) in [6.45, 7) is 0.476. The van der Waals surface area contributed by atoms with E-state index < -0.39 is 14.9 Å². The van der Waals surface area contributed by atoms with E-state index in [9.17, 15) is 23.3 Å². The van der Waals surface area contributed by atoms with Gasteiger partial charge in [0, 0.05) is 31.1 Å². The number of anilines is 1. The maximum Gasteiger partial charge on any atom is 0.270 e. The first-order chi connectivity index (χ1) is 14.2. The van der Waals surface area contributed by atoms with Crippen molar-refractivity contribution in [1.82, 2.24) is 9.29 Å². The summed E-state index contributed by atoms with van der Waals surface area (Å²) in [7, 11) is -3.61. The fraction of sp³-hybridized carbons (Fsp3) is 0.294. The summed E-state index contributed by atoms with van der Waals surface area (Å²) in [6.07, 6.45) is 0.779. The van der Waals surface area contributed by atoms with E-state index in [4.69, 9.17) is 11.6 Å². The van der Waals surface area contributed by atoms with Crippen molar-refractivity contribution in [2.75, 3.05) is 18.4 Å². The van der Waals surface area contributed by atoms with Crippen molar-refractivity contribution in [1.29, 1.82) is 0 Å². The van der Waals surface area contributed by atoms with Gasteiger partial charge in [0.05, 0.1) is 19.5 Å². The smallest absolute Gasteiger partial charge is 0.270 e. The Bertz CT molecular complexity index is 1230. The van der Waals surface area contributed by atoms with E-state index in [0.717, 1.165) is 22.7 Å². The molecule has 0 spiro atoms. The number of amides is 1. The van der Waals surface area contributed by atoms with Crippen molar-refractivity contribution < 1.29 is 18.1 Å². The number of nitrogens with zero attached hydrogens (tertiary/aromatic N) is 3. The fourth-order valence-electron chi connectivity index (χ4n) is 3.21. The number of fused-ring (bicyclic) bond motifs is 1. The second-order valence-electron chi connectivity index (χ2n) is 6.65. The molecule has 0 bridgehead atoms. The van der Waals surface area contributed by atoms with Crippen LogP contribution >= 0.6 is 34.3 Å². The summed E-state index contributed by atoms with van der Waals surface area (Å²) in [4.78, 5) is 27.3. The quantitative estimate of drug-likeness (QED) is 0.430. The van der Waals surface area contributed by atoms with Gasteiger partial charge in [-0.25, -0.2) is 13.4 Å². The number of carbonyl (C=O) groups excluding carboxylic acids is 1. The maximum atomic E-state index is 12.7. The molecule has 4 rings (SSSR count). The number of hydrogen-bond acceptors (Lipinski definition) is 8. The van der Waals surface area contributed by atoms with Crippen LogP contribution in [0.2, 0.25) is 4.34 Å². The number of sulfonamides is 1. The number of thiazole rings is 1. The van der Waals surface area contributed by atoms with Crippen LogP contribution < -0.4 is 5.32 Å². The van der Waals surface area contributed by atoms with Gasteiger partial charge in [-0.05, 0) is 31.0 Å². The lowest BCUT2D eigenvalue weighted by atomic mass is 9.97. The average molecular weight is 487 g/mol. The summed E-state index contributed by atoms with van der Waals surface area (Å²) < 4.78 is 27.9. The number of non-ortho nitro benzene ring substituents is 1. The van der Waals surface area contributed by atoms with Gasteiger partial charge in [-0.1, -0.05) is 22.9 Å². The minimum absolute atomic E-state index is 0.0374. The number of nitrogens with one attached hydrogen (secondary N) is 1. The van der Waals surface area contributed by atoms with Gasteiger partial charge in [0.1, 0.15) is 4.21 Å². The van der Waals surface area contributed by atoms with Crippen LogP contribution in [0.3, 0.4) is 0 Å². The first-order valence-electron chi connectivity index (χ1n) is 8.85. The van der Waals surface area contributed by atoms with E-state index >= 15 is 0 Å². The molecule has 1 fully saturated rings. The third kappa shape index (κ3) is 4.18. The van der Waals surface area contributed by atoms with E-state index in [2.05, 4.69) is 10.3 Å². The molecule has 0 atom stereocenters. The average Bonchev–Trinajstić information content (AvgIpc) is 3.33. The van der Waals surface area contributed by atoms with Crippen LogP contribution in [0.1, 0.15) is 12.8 Å². The zero-order chi connectivity index (χ0) is 21.5. The monoisotopic (exact) mass is 486 g/mol. The van der Waals surface area contributed by atoms with Crippen LogP contribution in [-0.2, 0) is 14.8 Å². The van der Waals surface area contributed by atoms with Crippen LogP contribution in [0.4, 0.5) is 10.8 Å². The van der Waals surface area contributed by atoms with Crippen molar-refractivity contribution in [3.8, 4) is 0 Å². The van der Waals surface area contributed by atoms with Crippen LogP contribution in [0.25, 0.3) is 10.2 Å². The summed E-state index contributed by atoms with van der Waals surface area (Å²) >= 11 is 8.01. The van der Waals surface area contributed by atoms with Crippen molar-refractivity contribution >= 4 is 71.2 Å². The molecule has 3 aromatic rings. The van der Waals surface area contributed by atoms with E-state index in [1.165, 1.54) is 22.5 Å². The Morgan fingerprint density at radius 3 is 2.60 bits per heavy atom. The van der Waals surface area contributed by atoms with E-state index in [1.807, 2.05) is 0 Å². The standard InChI is InChI=1S/C17H15ClN4O5S3/c18-14-3-4-15(29-14)30(26,27)21-7-5-10(6-8-21)16(23)20-17-19-12-2-1-11(22(24)25)9-13(12)28-17/h1-4,9-10H,5-8H2,(H,19,20,23). The Morgan fingerprint density at radius 1 is 1.23 bits per heavy atom. The van der Waals surface area contributed by atoms with Gasteiger partial charge >= 0.3 is 0 Å². The van der Waals surface area contributed by atoms with Gasteiger partial charge in [0.25, 0.3) is 15.7 Å². The lowest BCUT2D eigenvalue weighted by Gasteiger charge is -2.29. The van der Waals surface area contributed by atoms with Crippen LogP contribution in [0.15, 0.2) is 34.5 Å². The topological polar surface area (TPSA) is 123 Å². The Kier molecular flexibility index (Phi) is 5.77. The minimum Gasteiger partial charge on any atom is -0.302 e. The number of nitro benzene ring substituents is 1. The first-order valence-corrected chi connectivity index (χ1v) is 12.3. The maximum absolute atomic E-state index is 12.7. The third-order valence-electron chi connectivity index (χ3n) is 4.78. The van der Waals surface area contributed by atoms with Crippen molar-refractivity contribution in [2.45, 2.75) is 17.1 Å². The lowest BCUT2D eigenvalue weighted by molar-refractivity contribution is -0.384. The van der Waals surface area contributed by atoms with Gasteiger partial charge in [0.15, 0.2) is 5.13 Å². The minimum atomic E-state index is -3.61. The molecule has 1 N–H and O–H groups in total. The Hall–Kier alpha value is -2.12. The molecule has 3 heterocycles. The molecule has 0 aliphatic carbocycles. The highest BCUT2D eigenvalue weighted by Gasteiger charge is 2.33. The molecule has 1 aliphatic heterocycles. The van der Waals surface area contributed by atoms with Crippen LogP contribution in [-0.4, -0.2) is 41.6 Å². The molecular weight excluding hydrogens is 472 g/mol. The van der Waals surface area contributed by atoms with Crippen LogP contribution in [0, 0.1) is 16.0 Å². The van der Waals surface area contributed by atoms with E-state index in [1.54, 1.807) is 12.1 Å². The Balaban J connectivity index is 1.40. The normalized spacial score (nSPS) is 16.0. The molecule has 1 amide bonds. The number of aromatic nitrogens is 1. The highest BCUT2D eigenvalue weighted by Crippen LogP contribution is 2.32.